The average molecular weight is 317 g/mol. The van der Waals surface area contributed by atoms with Gasteiger partial charge in [-0.3, -0.25) is 4.98 Å². The van der Waals surface area contributed by atoms with Crippen molar-refractivity contribution in [2.75, 3.05) is 20.1 Å². The molecule has 0 bridgehead atoms. The molecule has 0 saturated carbocycles. The first-order valence-electron chi connectivity index (χ1n) is 8.61. The monoisotopic (exact) mass is 317 g/mol. The molecular formula is C21H23N3. The summed E-state index contributed by atoms with van der Waals surface area (Å²) in [6, 6.07) is 10.9. The summed E-state index contributed by atoms with van der Waals surface area (Å²) in [4.78, 5) is 6.63. The summed E-state index contributed by atoms with van der Waals surface area (Å²) in [5.74, 6) is 0. The summed E-state index contributed by atoms with van der Waals surface area (Å²) in [5, 5.41) is 1.41. The highest BCUT2D eigenvalue weighted by atomic mass is 15.1. The molecular weight excluding hydrogens is 294 g/mol. The largest absolute Gasteiger partial charge is 0.320 e. The van der Waals surface area contributed by atoms with Crippen molar-refractivity contribution in [3.8, 4) is 0 Å². The summed E-state index contributed by atoms with van der Waals surface area (Å²) in [6.07, 6.45) is 10.3. The van der Waals surface area contributed by atoms with Crippen LogP contribution in [-0.2, 0) is 12.8 Å². The molecule has 3 aromatic rings. The van der Waals surface area contributed by atoms with Gasteiger partial charge in [-0.25, -0.2) is 0 Å². The van der Waals surface area contributed by atoms with Gasteiger partial charge in [0.15, 0.2) is 0 Å². The smallest absolute Gasteiger partial charge is 0.0528 e. The standard InChI is InChI=1S/C21H23N3/c1-16-5-6-20-19(14-16)18-8-11-23(2)12-9-21(18)24(20)13-7-17-4-3-10-22-15-17/h3-7,10,13-15H,8-9,11-12H2,1-2H3. The zero-order valence-electron chi connectivity index (χ0n) is 14.4. The van der Waals surface area contributed by atoms with Crippen LogP contribution in [0.15, 0.2) is 42.7 Å². The minimum absolute atomic E-state index is 1.09. The first-order valence-corrected chi connectivity index (χ1v) is 8.61. The average Bonchev–Trinajstić information content (AvgIpc) is 2.74. The molecule has 0 spiro atoms. The van der Waals surface area contributed by atoms with Crippen molar-refractivity contribution in [1.82, 2.24) is 14.5 Å². The number of aryl methyl sites for hydroxylation is 1. The van der Waals surface area contributed by atoms with Gasteiger partial charge < -0.3 is 9.47 Å². The number of pyridine rings is 1. The molecule has 3 heteroatoms. The molecule has 1 aliphatic rings. The maximum atomic E-state index is 4.20. The van der Waals surface area contributed by atoms with Gasteiger partial charge in [-0.1, -0.05) is 17.7 Å². The van der Waals surface area contributed by atoms with Crippen molar-refractivity contribution in [1.29, 1.82) is 0 Å². The van der Waals surface area contributed by atoms with Crippen molar-refractivity contribution in [2.45, 2.75) is 19.8 Å². The number of fused-ring (bicyclic) bond motifs is 3. The van der Waals surface area contributed by atoms with Crippen LogP contribution in [0.5, 0.6) is 0 Å². The van der Waals surface area contributed by atoms with Crippen LogP contribution in [0.1, 0.15) is 22.4 Å². The second-order valence-electron chi connectivity index (χ2n) is 6.72. The Morgan fingerprint density at radius 2 is 2.00 bits per heavy atom. The molecule has 2 aromatic heterocycles. The van der Waals surface area contributed by atoms with E-state index in [1.807, 2.05) is 18.5 Å². The number of aromatic nitrogens is 2. The van der Waals surface area contributed by atoms with Crippen LogP contribution < -0.4 is 0 Å². The Kier molecular flexibility index (Phi) is 3.95. The Morgan fingerprint density at radius 1 is 1.12 bits per heavy atom. The quantitative estimate of drug-likeness (QED) is 0.712. The van der Waals surface area contributed by atoms with Gasteiger partial charge in [-0.15, -0.1) is 0 Å². The van der Waals surface area contributed by atoms with E-state index >= 15 is 0 Å². The van der Waals surface area contributed by atoms with E-state index in [4.69, 9.17) is 0 Å². The van der Waals surface area contributed by atoms with E-state index in [1.54, 1.807) is 0 Å². The van der Waals surface area contributed by atoms with Gasteiger partial charge in [0, 0.05) is 49.2 Å². The van der Waals surface area contributed by atoms with Crippen LogP contribution >= 0.6 is 0 Å². The lowest BCUT2D eigenvalue weighted by atomic mass is 10.1. The third-order valence-electron chi connectivity index (χ3n) is 4.95. The highest BCUT2D eigenvalue weighted by Crippen LogP contribution is 2.30. The second kappa shape index (κ2) is 6.25. The van der Waals surface area contributed by atoms with E-state index in [1.165, 1.54) is 27.7 Å². The van der Waals surface area contributed by atoms with Crippen molar-refractivity contribution in [3.05, 3.63) is 65.1 Å². The summed E-state index contributed by atoms with van der Waals surface area (Å²) < 4.78 is 2.39. The third kappa shape index (κ3) is 2.76. The van der Waals surface area contributed by atoms with Gasteiger partial charge in [0.25, 0.3) is 0 Å². The van der Waals surface area contributed by atoms with E-state index in [9.17, 15) is 0 Å². The van der Waals surface area contributed by atoms with Gasteiger partial charge in [0.2, 0.25) is 0 Å². The lowest BCUT2D eigenvalue weighted by Gasteiger charge is -2.12. The normalized spacial score (nSPS) is 15.8. The highest BCUT2D eigenvalue weighted by molar-refractivity contribution is 5.89. The Labute approximate surface area is 143 Å². The fourth-order valence-electron chi connectivity index (χ4n) is 3.61. The minimum Gasteiger partial charge on any atom is -0.320 e. The molecule has 0 amide bonds. The maximum Gasteiger partial charge on any atom is 0.0528 e. The van der Waals surface area contributed by atoms with Crippen LogP contribution in [0.2, 0.25) is 0 Å². The molecule has 1 aromatic carbocycles. The van der Waals surface area contributed by atoms with Gasteiger partial charge in [0.05, 0.1) is 5.52 Å². The molecule has 4 rings (SSSR count). The van der Waals surface area contributed by atoms with E-state index in [0.29, 0.717) is 0 Å². The lowest BCUT2D eigenvalue weighted by Crippen LogP contribution is -2.21. The molecule has 0 N–H and O–H groups in total. The third-order valence-corrected chi connectivity index (χ3v) is 4.95. The Bertz CT molecular complexity index is 890. The fraction of sp³-hybridized carbons (Fsp3) is 0.286. The van der Waals surface area contributed by atoms with Crippen LogP contribution in [0.4, 0.5) is 0 Å². The van der Waals surface area contributed by atoms with Crippen LogP contribution in [0.3, 0.4) is 0 Å². The maximum absolute atomic E-state index is 4.20. The van der Waals surface area contributed by atoms with Crippen molar-refractivity contribution in [2.24, 2.45) is 0 Å². The minimum atomic E-state index is 1.09. The predicted molar refractivity (Wildman–Crippen MR) is 101 cm³/mol. The summed E-state index contributed by atoms with van der Waals surface area (Å²) in [7, 11) is 2.22. The molecule has 0 atom stereocenters. The van der Waals surface area contributed by atoms with Gasteiger partial charge in [-0.05, 0) is 55.8 Å². The molecule has 0 fully saturated rings. The molecule has 0 radical (unpaired) electrons. The Balaban J connectivity index is 1.86. The fourth-order valence-corrected chi connectivity index (χ4v) is 3.61. The summed E-state index contributed by atoms with van der Waals surface area (Å²) >= 11 is 0. The SMILES string of the molecule is Cc1ccc2c(c1)c1c(n2C=Cc2cccnc2)CCN(C)CC1. The Morgan fingerprint density at radius 3 is 2.83 bits per heavy atom. The predicted octanol–water partition coefficient (Wildman–Crippen LogP) is 4.00. The van der Waals surface area contributed by atoms with Gasteiger partial charge in [-0.2, -0.15) is 0 Å². The molecule has 122 valence electrons. The van der Waals surface area contributed by atoms with Crippen LogP contribution in [-0.4, -0.2) is 34.6 Å². The van der Waals surface area contributed by atoms with Crippen molar-refractivity contribution < 1.29 is 0 Å². The topological polar surface area (TPSA) is 21.1 Å². The summed E-state index contributed by atoms with van der Waals surface area (Å²) in [5.41, 5.74) is 6.76. The molecule has 0 aliphatic carbocycles. The van der Waals surface area contributed by atoms with Crippen molar-refractivity contribution in [3.63, 3.8) is 0 Å². The van der Waals surface area contributed by atoms with Crippen LogP contribution in [0.25, 0.3) is 23.2 Å². The molecule has 3 nitrogen and oxygen atoms in total. The highest BCUT2D eigenvalue weighted by Gasteiger charge is 2.19. The number of benzene rings is 1. The summed E-state index contributed by atoms with van der Waals surface area (Å²) in [6.45, 7) is 4.42. The molecule has 0 saturated heterocycles. The van der Waals surface area contributed by atoms with Gasteiger partial charge in [0.1, 0.15) is 0 Å². The molecule has 24 heavy (non-hydrogen) atoms. The first kappa shape index (κ1) is 15.2. The van der Waals surface area contributed by atoms with E-state index in [-0.39, 0.29) is 0 Å². The molecule has 1 aliphatic heterocycles. The first-order chi connectivity index (χ1) is 11.7. The molecule has 3 heterocycles. The number of hydrogen-bond acceptors (Lipinski definition) is 2. The second-order valence-corrected chi connectivity index (χ2v) is 6.72. The van der Waals surface area contributed by atoms with E-state index in [0.717, 1.165) is 31.5 Å². The number of hydrogen-bond donors (Lipinski definition) is 0. The van der Waals surface area contributed by atoms with Crippen LogP contribution in [0, 0.1) is 6.92 Å². The molecule has 0 unspecified atom stereocenters. The van der Waals surface area contributed by atoms with Crippen molar-refractivity contribution >= 4 is 23.2 Å². The van der Waals surface area contributed by atoms with E-state index in [2.05, 4.69) is 65.0 Å². The van der Waals surface area contributed by atoms with E-state index < -0.39 is 0 Å². The zero-order valence-corrected chi connectivity index (χ0v) is 14.4. The number of nitrogens with zero attached hydrogens (tertiary/aromatic N) is 3. The zero-order chi connectivity index (χ0) is 16.5. The number of likely N-dealkylation sites (N-methyl/N-ethyl adjacent to an activating group) is 1. The number of rotatable bonds is 2. The van der Waals surface area contributed by atoms with Gasteiger partial charge >= 0.3 is 0 Å². The lowest BCUT2D eigenvalue weighted by molar-refractivity contribution is 0.351. The Hall–Kier alpha value is -2.39.